The summed E-state index contributed by atoms with van der Waals surface area (Å²) in [6, 6.07) is 12.5. The van der Waals surface area contributed by atoms with Gasteiger partial charge in [-0.05, 0) is 72.6 Å². The monoisotopic (exact) mass is 340 g/mol. The smallest absolute Gasteiger partial charge is 0.281 e. The fourth-order valence-corrected chi connectivity index (χ4v) is 2.91. The predicted octanol–water partition coefficient (Wildman–Crippen LogP) is 3.96. The van der Waals surface area contributed by atoms with Crippen LogP contribution in [0.2, 0.25) is 0 Å². The Labute approximate surface area is 145 Å². The number of rotatable bonds is 3. The Hall–Kier alpha value is -2.53. The van der Waals surface area contributed by atoms with Crippen molar-refractivity contribution >= 4 is 35.0 Å². The third-order valence-corrected chi connectivity index (χ3v) is 4.23. The Bertz CT molecular complexity index is 860. The lowest BCUT2D eigenvalue weighted by Gasteiger charge is -2.14. The van der Waals surface area contributed by atoms with E-state index in [1.807, 2.05) is 24.3 Å². The fraction of sp³-hybridized carbons (Fsp3) is 0.158. The number of carbonyl (C=O) groups is 1. The summed E-state index contributed by atoms with van der Waals surface area (Å²) in [7, 11) is 0. The molecule has 3 rings (SSSR count). The molecule has 0 atom stereocenters. The van der Waals surface area contributed by atoms with Gasteiger partial charge in [-0.25, -0.2) is 4.39 Å². The molecule has 0 radical (unpaired) electrons. The summed E-state index contributed by atoms with van der Waals surface area (Å²) < 4.78 is 13.4. The van der Waals surface area contributed by atoms with Gasteiger partial charge in [0.25, 0.3) is 5.91 Å². The topological polar surface area (TPSA) is 32.3 Å². The molecule has 0 unspecified atom stereocenters. The first-order valence-electron chi connectivity index (χ1n) is 7.72. The zero-order chi connectivity index (χ0) is 17.3. The van der Waals surface area contributed by atoms with E-state index in [2.05, 4.69) is 12.2 Å². The van der Waals surface area contributed by atoms with E-state index in [4.69, 9.17) is 12.2 Å². The number of carbonyl (C=O) groups excluding carboxylic acids is 1. The highest BCUT2D eigenvalue weighted by atomic mass is 32.1. The van der Waals surface area contributed by atoms with Crippen molar-refractivity contribution in [3.63, 3.8) is 0 Å². The van der Waals surface area contributed by atoms with Crippen molar-refractivity contribution in [3.05, 3.63) is 70.7 Å². The number of halogens is 1. The second-order valence-electron chi connectivity index (χ2n) is 5.66. The second kappa shape index (κ2) is 6.53. The summed E-state index contributed by atoms with van der Waals surface area (Å²) in [5, 5.41) is 3.29. The average Bonchev–Trinajstić information content (AvgIpc) is 2.85. The van der Waals surface area contributed by atoms with Crippen LogP contribution in [-0.4, -0.2) is 11.0 Å². The maximum atomic E-state index is 13.4. The molecule has 0 aliphatic carbocycles. The van der Waals surface area contributed by atoms with Crippen LogP contribution < -0.4 is 10.2 Å². The van der Waals surface area contributed by atoms with Crippen molar-refractivity contribution in [2.75, 3.05) is 4.90 Å². The number of anilines is 1. The molecule has 1 saturated heterocycles. The molecular formula is C19H17FN2OS. The van der Waals surface area contributed by atoms with Crippen molar-refractivity contribution in [3.8, 4) is 0 Å². The summed E-state index contributed by atoms with van der Waals surface area (Å²) in [5.74, 6) is -0.480. The molecule has 1 N–H and O–H groups in total. The van der Waals surface area contributed by atoms with Gasteiger partial charge in [-0.15, -0.1) is 0 Å². The van der Waals surface area contributed by atoms with Crippen LogP contribution in [0.15, 0.2) is 48.2 Å². The molecule has 2 aromatic rings. The first kappa shape index (κ1) is 16.3. The molecule has 0 saturated carbocycles. The zero-order valence-electron chi connectivity index (χ0n) is 13.5. The van der Waals surface area contributed by atoms with Gasteiger partial charge in [0.2, 0.25) is 0 Å². The number of thiocarbonyl (C=S) groups is 1. The maximum Gasteiger partial charge on any atom is 0.281 e. The molecule has 1 aliphatic heterocycles. The van der Waals surface area contributed by atoms with Gasteiger partial charge in [-0.1, -0.05) is 25.1 Å². The van der Waals surface area contributed by atoms with Crippen molar-refractivity contribution in [2.45, 2.75) is 20.3 Å². The Morgan fingerprint density at radius 2 is 2.04 bits per heavy atom. The van der Waals surface area contributed by atoms with Crippen LogP contribution in [0.5, 0.6) is 0 Å². The van der Waals surface area contributed by atoms with Crippen molar-refractivity contribution in [1.82, 2.24) is 5.32 Å². The van der Waals surface area contributed by atoms with Crippen LogP contribution in [0.1, 0.15) is 23.6 Å². The lowest BCUT2D eigenvalue weighted by molar-refractivity contribution is -0.113. The number of amides is 1. The number of hydrogen-bond acceptors (Lipinski definition) is 2. The van der Waals surface area contributed by atoms with E-state index in [-0.39, 0.29) is 11.7 Å². The molecule has 0 bridgehead atoms. The Kier molecular flexibility index (Phi) is 4.44. The van der Waals surface area contributed by atoms with Gasteiger partial charge in [0, 0.05) is 0 Å². The van der Waals surface area contributed by atoms with Crippen molar-refractivity contribution < 1.29 is 9.18 Å². The largest absolute Gasteiger partial charge is 0.327 e. The van der Waals surface area contributed by atoms with Crippen LogP contribution in [0.3, 0.4) is 0 Å². The molecule has 1 fully saturated rings. The van der Waals surface area contributed by atoms with Crippen molar-refractivity contribution in [2.24, 2.45) is 0 Å². The molecule has 1 amide bonds. The highest BCUT2D eigenvalue weighted by molar-refractivity contribution is 7.80. The van der Waals surface area contributed by atoms with E-state index >= 15 is 0 Å². The molecule has 5 heteroatoms. The van der Waals surface area contributed by atoms with Crippen LogP contribution in [-0.2, 0) is 11.2 Å². The fourth-order valence-electron chi connectivity index (χ4n) is 2.61. The number of hydrogen-bond donors (Lipinski definition) is 1. The first-order valence-corrected chi connectivity index (χ1v) is 8.12. The van der Waals surface area contributed by atoms with Gasteiger partial charge < -0.3 is 5.32 Å². The van der Waals surface area contributed by atoms with E-state index in [0.29, 0.717) is 16.4 Å². The minimum atomic E-state index is -0.267. The van der Waals surface area contributed by atoms with E-state index in [1.165, 1.54) is 11.0 Å². The molecular weight excluding hydrogens is 323 g/mol. The Morgan fingerprint density at radius 3 is 2.75 bits per heavy atom. The number of aryl methyl sites for hydroxylation is 2. The van der Waals surface area contributed by atoms with Gasteiger partial charge in [0.05, 0.1) is 5.69 Å². The minimum Gasteiger partial charge on any atom is -0.327 e. The maximum absolute atomic E-state index is 13.4. The van der Waals surface area contributed by atoms with Gasteiger partial charge in [0.1, 0.15) is 11.5 Å². The van der Waals surface area contributed by atoms with E-state index in [0.717, 1.165) is 23.2 Å². The van der Waals surface area contributed by atoms with Crippen molar-refractivity contribution in [1.29, 1.82) is 0 Å². The molecule has 0 spiro atoms. The molecule has 1 aliphatic rings. The average molecular weight is 340 g/mol. The summed E-state index contributed by atoms with van der Waals surface area (Å²) in [4.78, 5) is 14.2. The van der Waals surface area contributed by atoms with Crippen LogP contribution in [0.4, 0.5) is 10.1 Å². The molecule has 1 heterocycles. The van der Waals surface area contributed by atoms with E-state index < -0.39 is 0 Å². The van der Waals surface area contributed by atoms with E-state index in [9.17, 15) is 9.18 Å². The van der Waals surface area contributed by atoms with Gasteiger partial charge in [-0.2, -0.15) is 0 Å². The third-order valence-electron chi connectivity index (χ3n) is 3.95. The number of benzene rings is 2. The SMILES string of the molecule is CCc1cccc(N2C(=O)C(=Cc3ccc(F)c(C)c3)NC2=S)c1. The minimum absolute atomic E-state index is 0.213. The van der Waals surface area contributed by atoms with Gasteiger partial charge >= 0.3 is 0 Å². The summed E-state index contributed by atoms with van der Waals surface area (Å²) in [6.45, 7) is 3.75. The molecule has 24 heavy (non-hydrogen) atoms. The summed E-state index contributed by atoms with van der Waals surface area (Å²) >= 11 is 5.31. The standard InChI is InChI=1S/C19H17FN2OS/c1-3-13-5-4-6-15(10-13)22-18(23)17(21-19(22)24)11-14-7-8-16(20)12(2)9-14/h4-11H,3H2,1-2H3,(H,21,24). The molecule has 2 aromatic carbocycles. The molecule has 3 nitrogen and oxygen atoms in total. The van der Waals surface area contributed by atoms with Gasteiger partial charge in [0.15, 0.2) is 5.11 Å². The quantitative estimate of drug-likeness (QED) is 0.678. The highest BCUT2D eigenvalue weighted by Crippen LogP contribution is 2.24. The van der Waals surface area contributed by atoms with Gasteiger partial charge in [-0.3, -0.25) is 9.69 Å². The lowest BCUT2D eigenvalue weighted by atomic mass is 10.1. The predicted molar refractivity (Wildman–Crippen MR) is 98.2 cm³/mol. The normalized spacial score (nSPS) is 16.0. The second-order valence-corrected chi connectivity index (χ2v) is 6.05. The summed E-state index contributed by atoms with van der Waals surface area (Å²) in [5.41, 5.74) is 3.54. The third kappa shape index (κ3) is 3.08. The molecule has 122 valence electrons. The Balaban J connectivity index is 1.93. The Morgan fingerprint density at radius 1 is 1.25 bits per heavy atom. The summed E-state index contributed by atoms with van der Waals surface area (Å²) in [6.07, 6.45) is 2.57. The van der Waals surface area contributed by atoms with E-state index in [1.54, 1.807) is 25.1 Å². The highest BCUT2D eigenvalue weighted by Gasteiger charge is 2.31. The van der Waals surface area contributed by atoms with Crippen LogP contribution >= 0.6 is 12.2 Å². The number of nitrogens with zero attached hydrogens (tertiary/aromatic N) is 1. The zero-order valence-corrected chi connectivity index (χ0v) is 14.3. The molecule has 0 aromatic heterocycles. The lowest BCUT2D eigenvalue weighted by Crippen LogP contribution is -2.30. The first-order chi connectivity index (χ1) is 11.5. The van der Waals surface area contributed by atoms with Crippen LogP contribution in [0, 0.1) is 12.7 Å². The number of nitrogens with one attached hydrogen (secondary N) is 1. The van der Waals surface area contributed by atoms with Crippen LogP contribution in [0.25, 0.3) is 6.08 Å².